The molecule has 1 aromatic carbocycles. The van der Waals surface area contributed by atoms with Gasteiger partial charge in [0.25, 0.3) is 0 Å². The van der Waals surface area contributed by atoms with Crippen molar-refractivity contribution in [3.8, 4) is 0 Å². The van der Waals surface area contributed by atoms with Gasteiger partial charge in [0.1, 0.15) is 11.3 Å². The van der Waals surface area contributed by atoms with Crippen molar-refractivity contribution < 1.29 is 31.9 Å². The summed E-state index contributed by atoms with van der Waals surface area (Å²) in [5.41, 5.74) is 3.46. The molecule has 22 heavy (non-hydrogen) atoms. The smallest absolute Gasteiger partial charge is 0.363 e. The molecule has 0 fully saturated rings. The van der Waals surface area contributed by atoms with Gasteiger partial charge in [-0.3, -0.25) is 0 Å². The highest BCUT2D eigenvalue weighted by Crippen LogP contribution is 2.26. The monoisotopic (exact) mass is 324 g/mol. The highest BCUT2D eigenvalue weighted by molar-refractivity contribution is 5.90. The highest BCUT2D eigenvalue weighted by atomic mass is 19.2. The molecule has 0 saturated carbocycles. The molecular formula is C13H16F4N2O3. The lowest BCUT2D eigenvalue weighted by Crippen LogP contribution is -2.41. The second kappa shape index (κ2) is 6.93. The first-order valence-electron chi connectivity index (χ1n) is 6.21. The molecule has 0 aliphatic heterocycles. The van der Waals surface area contributed by atoms with Crippen molar-refractivity contribution in [3.05, 3.63) is 28.8 Å². The topological polar surface area (TPSA) is 73.6 Å². The molecule has 0 atom stereocenters. The zero-order valence-electron chi connectivity index (χ0n) is 12.2. The molecule has 0 aromatic heterocycles. The van der Waals surface area contributed by atoms with Gasteiger partial charge < -0.3 is 15.3 Å². The van der Waals surface area contributed by atoms with Gasteiger partial charge in [-0.15, -0.1) is 5.48 Å². The lowest BCUT2D eigenvalue weighted by atomic mass is 10.0. The molecule has 0 radical (unpaired) electrons. The summed E-state index contributed by atoms with van der Waals surface area (Å²) in [6, 6.07) is 0. The van der Waals surface area contributed by atoms with Gasteiger partial charge in [-0.1, -0.05) is 0 Å². The van der Waals surface area contributed by atoms with Crippen LogP contribution in [0.4, 0.5) is 23.2 Å². The zero-order valence-corrected chi connectivity index (χ0v) is 12.2. The summed E-state index contributed by atoms with van der Waals surface area (Å²) in [6.45, 7) is 3.57. The Bertz CT molecular complexity index is 550. The zero-order chi connectivity index (χ0) is 17.1. The van der Waals surface area contributed by atoms with E-state index in [0.717, 1.165) is 0 Å². The third kappa shape index (κ3) is 3.86. The number of hydrogen-bond acceptors (Lipinski definition) is 5. The lowest BCUT2D eigenvalue weighted by Gasteiger charge is -2.24. The minimum atomic E-state index is -1.92. The first kappa shape index (κ1) is 18.2. The van der Waals surface area contributed by atoms with Gasteiger partial charge in [0.15, 0.2) is 23.3 Å². The maximum absolute atomic E-state index is 13.6. The number of benzene rings is 1. The number of carbonyl (C=O) groups is 1. The van der Waals surface area contributed by atoms with Crippen molar-refractivity contribution in [2.24, 2.45) is 0 Å². The molecule has 0 unspecified atom stereocenters. The van der Waals surface area contributed by atoms with Crippen LogP contribution < -0.4 is 11.2 Å². The average Bonchev–Trinajstić information content (AvgIpc) is 2.47. The van der Waals surface area contributed by atoms with Gasteiger partial charge in [0.2, 0.25) is 0 Å². The fourth-order valence-corrected chi connectivity index (χ4v) is 1.47. The van der Waals surface area contributed by atoms with Gasteiger partial charge in [0.05, 0.1) is 5.54 Å². The number of hydrogen-bond donors (Lipinski definition) is 2. The molecule has 0 saturated heterocycles. The van der Waals surface area contributed by atoms with Crippen LogP contribution in [0.3, 0.4) is 0 Å². The van der Waals surface area contributed by atoms with E-state index in [9.17, 15) is 22.4 Å². The Morgan fingerprint density at radius 3 is 2.09 bits per heavy atom. The Balaban J connectivity index is 2.96. The summed E-state index contributed by atoms with van der Waals surface area (Å²) in [5.74, 6) is -9.16. The first-order valence-corrected chi connectivity index (χ1v) is 6.21. The number of ether oxygens (including phenoxy) is 1. The Morgan fingerprint density at radius 2 is 1.64 bits per heavy atom. The summed E-state index contributed by atoms with van der Waals surface area (Å²) >= 11 is 0. The van der Waals surface area contributed by atoms with E-state index in [1.165, 1.54) is 7.11 Å². The molecule has 0 aliphatic carbocycles. The van der Waals surface area contributed by atoms with Crippen molar-refractivity contribution in [2.45, 2.75) is 25.8 Å². The van der Waals surface area contributed by atoms with Gasteiger partial charge >= 0.3 is 5.97 Å². The van der Waals surface area contributed by atoms with Crippen molar-refractivity contribution in [1.82, 2.24) is 5.48 Å². The molecule has 3 N–H and O–H groups in total. The SMILES string of the molecule is COCCC(C)(C)NOC(=O)c1c(F)c(F)c(N)c(F)c1F. The van der Waals surface area contributed by atoms with Gasteiger partial charge in [-0.05, 0) is 20.3 Å². The van der Waals surface area contributed by atoms with E-state index in [-0.39, 0.29) is 0 Å². The number of nitrogens with one attached hydrogen (secondary N) is 1. The summed E-state index contributed by atoms with van der Waals surface area (Å²) in [6.07, 6.45) is 0.395. The largest absolute Gasteiger partial charge is 0.394 e. The second-order valence-electron chi connectivity index (χ2n) is 5.16. The minimum Gasteiger partial charge on any atom is -0.394 e. The molecule has 1 aromatic rings. The number of halogens is 4. The van der Waals surface area contributed by atoms with E-state index < -0.39 is 46.0 Å². The number of anilines is 1. The van der Waals surface area contributed by atoms with E-state index in [4.69, 9.17) is 10.5 Å². The Kier molecular flexibility index (Phi) is 5.72. The third-order valence-electron chi connectivity index (χ3n) is 2.85. The van der Waals surface area contributed by atoms with E-state index in [1.807, 2.05) is 0 Å². The van der Waals surface area contributed by atoms with E-state index >= 15 is 0 Å². The van der Waals surface area contributed by atoms with Crippen LogP contribution in [0.1, 0.15) is 30.6 Å². The molecule has 0 aliphatic rings. The quantitative estimate of drug-likeness (QED) is 0.363. The molecule has 0 bridgehead atoms. The molecule has 0 heterocycles. The number of methoxy groups -OCH3 is 1. The predicted molar refractivity (Wildman–Crippen MR) is 69.8 cm³/mol. The molecule has 0 spiro atoms. The van der Waals surface area contributed by atoms with Crippen molar-refractivity contribution in [1.29, 1.82) is 0 Å². The first-order chi connectivity index (χ1) is 10.1. The summed E-state index contributed by atoms with van der Waals surface area (Å²) in [4.78, 5) is 16.2. The average molecular weight is 324 g/mol. The third-order valence-corrected chi connectivity index (χ3v) is 2.85. The number of carbonyl (C=O) groups excluding carboxylic acids is 1. The van der Waals surface area contributed by atoms with E-state index in [2.05, 4.69) is 10.3 Å². The Hall–Kier alpha value is -1.87. The van der Waals surface area contributed by atoms with Crippen LogP contribution >= 0.6 is 0 Å². The van der Waals surface area contributed by atoms with Crippen molar-refractivity contribution in [3.63, 3.8) is 0 Å². The van der Waals surface area contributed by atoms with Crippen LogP contribution in [0.2, 0.25) is 0 Å². The van der Waals surface area contributed by atoms with Crippen LogP contribution in [-0.4, -0.2) is 25.2 Å². The van der Waals surface area contributed by atoms with Gasteiger partial charge in [0, 0.05) is 13.7 Å². The predicted octanol–water partition coefficient (Wildman–Crippen LogP) is 2.30. The van der Waals surface area contributed by atoms with Crippen LogP contribution in [0.25, 0.3) is 0 Å². The van der Waals surface area contributed by atoms with Gasteiger partial charge in [-0.2, -0.15) is 0 Å². The fourth-order valence-electron chi connectivity index (χ4n) is 1.47. The van der Waals surface area contributed by atoms with Gasteiger partial charge in [-0.25, -0.2) is 22.4 Å². The molecule has 5 nitrogen and oxygen atoms in total. The number of hydroxylamine groups is 1. The number of nitrogens with two attached hydrogens (primary N) is 1. The van der Waals surface area contributed by atoms with Crippen molar-refractivity contribution >= 4 is 11.7 Å². The van der Waals surface area contributed by atoms with E-state index in [0.29, 0.717) is 13.0 Å². The Morgan fingerprint density at radius 1 is 1.14 bits per heavy atom. The minimum absolute atomic E-state index is 0.325. The molecule has 9 heteroatoms. The summed E-state index contributed by atoms with van der Waals surface area (Å²) < 4.78 is 58.5. The molecule has 124 valence electrons. The molecule has 1 rings (SSSR count). The molecular weight excluding hydrogens is 308 g/mol. The van der Waals surface area contributed by atoms with Crippen LogP contribution in [-0.2, 0) is 9.57 Å². The number of rotatable bonds is 6. The number of nitrogen functional groups attached to an aromatic ring is 1. The normalized spacial score (nSPS) is 11.6. The Labute approximate surface area is 124 Å². The summed E-state index contributed by atoms with van der Waals surface area (Å²) in [5, 5.41) is 0. The molecule has 0 amide bonds. The van der Waals surface area contributed by atoms with E-state index in [1.54, 1.807) is 13.8 Å². The van der Waals surface area contributed by atoms with Crippen LogP contribution in [0.15, 0.2) is 0 Å². The van der Waals surface area contributed by atoms with Crippen LogP contribution in [0, 0.1) is 23.3 Å². The highest BCUT2D eigenvalue weighted by Gasteiger charge is 2.30. The van der Waals surface area contributed by atoms with Crippen LogP contribution in [0.5, 0.6) is 0 Å². The lowest BCUT2D eigenvalue weighted by molar-refractivity contribution is -0.00588. The summed E-state index contributed by atoms with van der Waals surface area (Å²) in [7, 11) is 1.47. The maximum Gasteiger partial charge on any atom is 0.363 e. The fraction of sp³-hybridized carbons (Fsp3) is 0.462. The second-order valence-corrected chi connectivity index (χ2v) is 5.16. The standard InChI is InChI=1S/C13H16F4N2O3/c1-13(2,4-5-21-3)19-22-12(20)6-7(14)9(16)11(18)10(17)8(6)15/h19H,4-5,18H2,1-3H3. The maximum atomic E-state index is 13.6. The van der Waals surface area contributed by atoms with Crippen molar-refractivity contribution in [2.75, 3.05) is 19.5 Å².